The lowest BCUT2D eigenvalue weighted by atomic mass is 10.2. The molecule has 0 heterocycles. The number of benzene rings is 1. The van der Waals surface area contributed by atoms with Crippen molar-refractivity contribution in [1.82, 2.24) is 0 Å². The summed E-state index contributed by atoms with van der Waals surface area (Å²) in [6.07, 6.45) is -0.884. The maximum atomic E-state index is 10.3. The molecule has 1 rings (SSSR count). The molecule has 0 saturated heterocycles. The first-order chi connectivity index (χ1) is 11.2. The molecule has 7 heteroatoms. The lowest BCUT2D eigenvalue weighted by molar-refractivity contribution is 0.0294. The maximum Gasteiger partial charge on any atom is 0.192 e. The summed E-state index contributed by atoms with van der Waals surface area (Å²) in [5, 5.41) is 14.0. The van der Waals surface area contributed by atoms with Crippen molar-refractivity contribution in [2.24, 2.45) is 5.11 Å². The Labute approximate surface area is 145 Å². The summed E-state index contributed by atoms with van der Waals surface area (Å²) in [7, 11) is -1.96. The number of hydrogen-bond acceptors (Lipinski definition) is 4. The van der Waals surface area contributed by atoms with Crippen LogP contribution in [-0.4, -0.2) is 38.8 Å². The van der Waals surface area contributed by atoms with Gasteiger partial charge in [-0.2, -0.15) is 0 Å². The zero-order valence-corrected chi connectivity index (χ0v) is 16.3. The molecule has 0 saturated carbocycles. The third kappa shape index (κ3) is 6.63. The minimum absolute atomic E-state index is 0.0600. The largest absolute Gasteiger partial charge is 0.414 e. The number of rotatable bonds is 9. The molecule has 2 atom stereocenters. The van der Waals surface area contributed by atoms with Gasteiger partial charge >= 0.3 is 0 Å². The topological polar surface area (TPSA) is 87.5 Å². The van der Waals surface area contributed by atoms with Crippen LogP contribution >= 0.6 is 0 Å². The second kappa shape index (κ2) is 9.20. The monoisotopic (exact) mass is 351 g/mol. The van der Waals surface area contributed by atoms with Crippen LogP contribution in [0.1, 0.15) is 26.3 Å². The van der Waals surface area contributed by atoms with E-state index in [2.05, 4.69) is 43.9 Å². The Morgan fingerprint density at radius 3 is 2.38 bits per heavy atom. The molecule has 6 nitrogen and oxygen atoms in total. The van der Waals surface area contributed by atoms with Crippen LogP contribution in [-0.2, 0) is 15.8 Å². The minimum atomic E-state index is -1.96. The third-order valence-corrected chi connectivity index (χ3v) is 8.97. The lowest BCUT2D eigenvalue weighted by Gasteiger charge is -2.37. The predicted molar refractivity (Wildman–Crippen MR) is 98.2 cm³/mol. The molecule has 0 aliphatic heterocycles. The molecule has 1 aromatic rings. The van der Waals surface area contributed by atoms with Gasteiger partial charge in [-0.25, -0.2) is 0 Å². The van der Waals surface area contributed by atoms with Crippen LogP contribution in [0.15, 0.2) is 35.4 Å². The average molecular weight is 352 g/mol. The van der Waals surface area contributed by atoms with Crippen LogP contribution in [0.5, 0.6) is 0 Å². The van der Waals surface area contributed by atoms with Gasteiger partial charge in [-0.15, -0.1) is 0 Å². The summed E-state index contributed by atoms with van der Waals surface area (Å²) in [4.78, 5) is 2.82. The van der Waals surface area contributed by atoms with E-state index in [9.17, 15) is 5.11 Å². The van der Waals surface area contributed by atoms with Crippen LogP contribution in [0.2, 0.25) is 18.1 Å². The van der Waals surface area contributed by atoms with Gasteiger partial charge in [0.05, 0.1) is 32.0 Å². The number of aliphatic hydroxyl groups is 1. The van der Waals surface area contributed by atoms with Crippen LogP contribution < -0.4 is 0 Å². The molecule has 0 fully saturated rings. The number of ether oxygens (including phenoxy) is 1. The Balaban J connectivity index is 2.53. The summed E-state index contributed by atoms with van der Waals surface area (Å²) < 4.78 is 11.6. The van der Waals surface area contributed by atoms with Crippen LogP contribution in [0.3, 0.4) is 0 Å². The van der Waals surface area contributed by atoms with Gasteiger partial charge in [0, 0.05) is 4.91 Å². The van der Waals surface area contributed by atoms with Crippen molar-refractivity contribution in [3.63, 3.8) is 0 Å². The van der Waals surface area contributed by atoms with Crippen molar-refractivity contribution >= 4 is 8.32 Å². The highest BCUT2D eigenvalue weighted by Gasteiger charge is 2.38. The van der Waals surface area contributed by atoms with Gasteiger partial charge in [0.2, 0.25) is 0 Å². The molecular formula is C17H29N3O3Si. The molecule has 0 radical (unpaired) electrons. The zero-order chi connectivity index (χ0) is 18.2. The second-order valence-corrected chi connectivity index (χ2v) is 12.2. The van der Waals surface area contributed by atoms with Crippen molar-refractivity contribution in [2.75, 3.05) is 13.2 Å². The molecule has 134 valence electrons. The van der Waals surface area contributed by atoms with E-state index in [1.54, 1.807) is 0 Å². The van der Waals surface area contributed by atoms with E-state index in [1.807, 2.05) is 30.3 Å². The number of nitrogens with zero attached hydrogens (tertiary/aromatic N) is 3. The van der Waals surface area contributed by atoms with Crippen molar-refractivity contribution in [2.45, 2.75) is 57.7 Å². The standard InChI is InChI=1S/C17H29N3O3Si/c1-17(2,3)24(4,5)23-13-16(21)15(19-20-18)12-22-11-14-9-7-6-8-10-14/h6-10,15-16,21H,11-13H2,1-5H3/t15-,16+/m1/s1. The average Bonchev–Trinajstić information content (AvgIpc) is 2.52. The summed E-state index contributed by atoms with van der Waals surface area (Å²) in [6.45, 7) is 11.4. The van der Waals surface area contributed by atoms with E-state index in [4.69, 9.17) is 14.7 Å². The first-order valence-corrected chi connectivity index (χ1v) is 11.1. The predicted octanol–water partition coefficient (Wildman–Crippen LogP) is 4.26. The quantitative estimate of drug-likeness (QED) is 0.312. The van der Waals surface area contributed by atoms with Gasteiger partial charge in [-0.05, 0) is 29.2 Å². The van der Waals surface area contributed by atoms with E-state index >= 15 is 0 Å². The summed E-state index contributed by atoms with van der Waals surface area (Å²) in [5.41, 5.74) is 9.75. The van der Waals surface area contributed by atoms with E-state index in [1.165, 1.54) is 0 Å². The molecule has 0 bridgehead atoms. The summed E-state index contributed by atoms with van der Waals surface area (Å²) in [5.74, 6) is 0. The van der Waals surface area contributed by atoms with Gasteiger partial charge < -0.3 is 14.3 Å². The molecule has 0 aliphatic carbocycles. The number of hydrogen-bond donors (Lipinski definition) is 1. The molecule has 24 heavy (non-hydrogen) atoms. The summed E-state index contributed by atoms with van der Waals surface area (Å²) >= 11 is 0. The Morgan fingerprint density at radius 2 is 1.83 bits per heavy atom. The SMILES string of the molecule is CC(C)(C)[Si](C)(C)OC[C@H](O)[C@@H](COCc1ccccc1)N=[N+]=[N-]. The number of aliphatic hydroxyl groups excluding tert-OH is 1. The van der Waals surface area contributed by atoms with Crippen LogP contribution in [0, 0.1) is 0 Å². The number of azide groups is 1. The van der Waals surface area contributed by atoms with Crippen molar-refractivity contribution in [3.05, 3.63) is 46.3 Å². The fourth-order valence-corrected chi connectivity index (χ4v) is 2.80. The Kier molecular flexibility index (Phi) is 7.92. The first kappa shape index (κ1) is 20.7. The highest BCUT2D eigenvalue weighted by molar-refractivity contribution is 6.74. The molecule has 0 amide bonds. The molecular weight excluding hydrogens is 322 g/mol. The van der Waals surface area contributed by atoms with Crippen LogP contribution in [0.4, 0.5) is 0 Å². The minimum Gasteiger partial charge on any atom is -0.414 e. The first-order valence-electron chi connectivity index (χ1n) is 8.15. The fraction of sp³-hybridized carbons (Fsp3) is 0.647. The highest BCUT2D eigenvalue weighted by Crippen LogP contribution is 2.36. The van der Waals surface area contributed by atoms with E-state index in [-0.39, 0.29) is 18.3 Å². The molecule has 0 unspecified atom stereocenters. The van der Waals surface area contributed by atoms with Gasteiger partial charge in [-0.1, -0.05) is 56.2 Å². The molecule has 0 spiro atoms. The normalized spacial score (nSPS) is 14.8. The van der Waals surface area contributed by atoms with E-state index < -0.39 is 20.5 Å². The molecule has 0 aromatic heterocycles. The van der Waals surface area contributed by atoms with Crippen molar-refractivity contribution < 1.29 is 14.3 Å². The second-order valence-electron chi connectivity index (χ2n) is 7.41. The zero-order valence-electron chi connectivity index (χ0n) is 15.3. The van der Waals surface area contributed by atoms with Gasteiger partial charge in [0.15, 0.2) is 8.32 Å². The molecule has 1 N–H and O–H groups in total. The van der Waals surface area contributed by atoms with Gasteiger partial charge in [-0.3, -0.25) is 0 Å². The highest BCUT2D eigenvalue weighted by atomic mass is 28.4. The Morgan fingerprint density at radius 1 is 1.21 bits per heavy atom. The van der Waals surface area contributed by atoms with E-state index in [0.29, 0.717) is 6.61 Å². The summed E-state index contributed by atoms with van der Waals surface area (Å²) in [6, 6.07) is 9.06. The Bertz CT molecular complexity index is 540. The van der Waals surface area contributed by atoms with Gasteiger partial charge in [0.1, 0.15) is 0 Å². The van der Waals surface area contributed by atoms with Gasteiger partial charge in [0.25, 0.3) is 0 Å². The molecule has 1 aromatic carbocycles. The van der Waals surface area contributed by atoms with Crippen molar-refractivity contribution in [3.8, 4) is 0 Å². The lowest BCUT2D eigenvalue weighted by Crippen LogP contribution is -2.44. The fourth-order valence-electron chi connectivity index (χ4n) is 1.78. The molecule has 0 aliphatic rings. The Hall–Kier alpha value is -1.37. The maximum absolute atomic E-state index is 10.3. The smallest absolute Gasteiger partial charge is 0.192 e. The van der Waals surface area contributed by atoms with Crippen LogP contribution in [0.25, 0.3) is 10.4 Å². The van der Waals surface area contributed by atoms with Crippen molar-refractivity contribution in [1.29, 1.82) is 0 Å². The third-order valence-electron chi connectivity index (χ3n) is 4.47. The van der Waals surface area contributed by atoms with E-state index in [0.717, 1.165) is 5.56 Å².